The maximum Gasteiger partial charge on any atom is 0.274 e. The van der Waals surface area contributed by atoms with Crippen molar-refractivity contribution in [2.75, 3.05) is 11.6 Å². The van der Waals surface area contributed by atoms with Crippen LogP contribution in [0.15, 0.2) is 71.6 Å². The number of aromatic nitrogens is 1. The van der Waals surface area contributed by atoms with E-state index in [0.717, 1.165) is 23.1 Å². The van der Waals surface area contributed by atoms with Gasteiger partial charge in [-0.3, -0.25) is 10.1 Å². The number of fused-ring (bicyclic) bond motifs is 1. The summed E-state index contributed by atoms with van der Waals surface area (Å²) in [5.41, 5.74) is -0.841. The number of sulfone groups is 1. The first-order valence-electron chi connectivity index (χ1n) is 9.68. The SMILES string of the molecule is CC(Oc1ccc(F)cc1F)(C(=O)Nc1nc2ccccc2s1)c1ccc(S(C)(=O)=O)cc1. The average Bonchev–Trinajstić information content (AvgIpc) is 3.17. The molecule has 0 radical (unpaired) electrons. The summed E-state index contributed by atoms with van der Waals surface area (Å²) in [4.78, 5) is 17.8. The molecule has 6 nitrogen and oxygen atoms in total. The minimum absolute atomic E-state index is 0.0492. The fourth-order valence-electron chi connectivity index (χ4n) is 3.18. The number of nitrogens with one attached hydrogen (secondary N) is 1. The third-order valence-electron chi connectivity index (χ3n) is 4.99. The second kappa shape index (κ2) is 8.53. The van der Waals surface area contributed by atoms with E-state index < -0.39 is 33.0 Å². The molecule has 0 saturated heterocycles. The van der Waals surface area contributed by atoms with Crippen LogP contribution in [0.2, 0.25) is 0 Å². The largest absolute Gasteiger partial charge is 0.470 e. The zero-order valence-corrected chi connectivity index (χ0v) is 19.1. The van der Waals surface area contributed by atoms with Gasteiger partial charge in [-0.25, -0.2) is 22.2 Å². The molecule has 1 unspecified atom stereocenters. The van der Waals surface area contributed by atoms with E-state index in [-0.39, 0.29) is 16.2 Å². The molecule has 0 spiro atoms. The lowest BCUT2D eigenvalue weighted by Gasteiger charge is -2.30. The fourth-order valence-corrected chi connectivity index (χ4v) is 4.67. The normalized spacial score (nSPS) is 13.5. The van der Waals surface area contributed by atoms with Crippen LogP contribution in [0.1, 0.15) is 12.5 Å². The van der Waals surface area contributed by atoms with Crippen molar-refractivity contribution in [2.45, 2.75) is 17.4 Å². The van der Waals surface area contributed by atoms with Crippen molar-refractivity contribution in [3.05, 3.63) is 83.9 Å². The molecular weight excluding hydrogens is 470 g/mol. The Bertz CT molecular complexity index is 1420. The number of carbonyl (C=O) groups is 1. The highest BCUT2D eigenvalue weighted by molar-refractivity contribution is 7.90. The third-order valence-corrected chi connectivity index (χ3v) is 7.07. The van der Waals surface area contributed by atoms with Gasteiger partial charge in [0.2, 0.25) is 5.60 Å². The van der Waals surface area contributed by atoms with Crippen molar-refractivity contribution in [2.24, 2.45) is 0 Å². The van der Waals surface area contributed by atoms with Crippen LogP contribution < -0.4 is 10.1 Å². The van der Waals surface area contributed by atoms with Gasteiger partial charge in [-0.05, 0) is 43.3 Å². The number of amides is 1. The predicted molar refractivity (Wildman–Crippen MR) is 122 cm³/mol. The summed E-state index contributed by atoms with van der Waals surface area (Å²) in [5, 5.41) is 3.00. The van der Waals surface area contributed by atoms with Gasteiger partial charge in [0.25, 0.3) is 5.91 Å². The second-order valence-electron chi connectivity index (χ2n) is 7.45. The molecule has 1 atom stereocenters. The summed E-state index contributed by atoms with van der Waals surface area (Å²) in [6, 6.07) is 15.6. The lowest BCUT2D eigenvalue weighted by molar-refractivity contribution is -0.130. The van der Waals surface area contributed by atoms with Crippen LogP contribution in [0.3, 0.4) is 0 Å². The summed E-state index contributed by atoms with van der Waals surface area (Å²) >= 11 is 1.25. The maximum atomic E-state index is 14.4. The van der Waals surface area contributed by atoms with E-state index in [1.807, 2.05) is 18.2 Å². The molecule has 0 aliphatic rings. The van der Waals surface area contributed by atoms with Crippen LogP contribution in [0.4, 0.5) is 13.9 Å². The summed E-state index contributed by atoms with van der Waals surface area (Å²) < 4.78 is 58.0. The monoisotopic (exact) mass is 488 g/mol. The Morgan fingerprint density at radius 1 is 1.06 bits per heavy atom. The van der Waals surface area contributed by atoms with Gasteiger partial charge < -0.3 is 4.74 Å². The molecule has 0 aliphatic carbocycles. The highest BCUT2D eigenvalue weighted by Crippen LogP contribution is 2.33. The van der Waals surface area contributed by atoms with Crippen LogP contribution in [0.25, 0.3) is 10.2 Å². The zero-order chi connectivity index (χ0) is 23.8. The minimum Gasteiger partial charge on any atom is -0.470 e. The van der Waals surface area contributed by atoms with Crippen LogP contribution in [0.5, 0.6) is 5.75 Å². The quantitative estimate of drug-likeness (QED) is 0.417. The van der Waals surface area contributed by atoms with Gasteiger partial charge in [0.15, 0.2) is 26.5 Å². The average molecular weight is 489 g/mol. The van der Waals surface area contributed by atoms with Crippen molar-refractivity contribution in [3.8, 4) is 5.75 Å². The highest BCUT2D eigenvalue weighted by Gasteiger charge is 2.39. The number of anilines is 1. The molecular formula is C23H18F2N2O4S2. The molecule has 0 fully saturated rings. The van der Waals surface area contributed by atoms with E-state index in [1.165, 1.54) is 42.5 Å². The molecule has 1 heterocycles. The molecule has 0 bridgehead atoms. The Hall–Kier alpha value is -3.37. The number of rotatable bonds is 6. The summed E-state index contributed by atoms with van der Waals surface area (Å²) in [6.45, 7) is 1.41. The van der Waals surface area contributed by atoms with Crippen molar-refractivity contribution in [3.63, 3.8) is 0 Å². The van der Waals surface area contributed by atoms with E-state index in [2.05, 4.69) is 10.3 Å². The number of hydrogen-bond acceptors (Lipinski definition) is 6. The Morgan fingerprint density at radius 2 is 1.76 bits per heavy atom. The van der Waals surface area contributed by atoms with Crippen LogP contribution in [-0.2, 0) is 20.2 Å². The van der Waals surface area contributed by atoms with Gasteiger partial charge in [0.05, 0.1) is 15.1 Å². The van der Waals surface area contributed by atoms with Gasteiger partial charge >= 0.3 is 0 Å². The van der Waals surface area contributed by atoms with E-state index in [1.54, 1.807) is 6.07 Å². The molecule has 0 aliphatic heterocycles. The lowest BCUT2D eigenvalue weighted by atomic mass is 9.94. The summed E-state index contributed by atoms with van der Waals surface area (Å²) in [6.07, 6.45) is 1.06. The van der Waals surface area contributed by atoms with Gasteiger partial charge in [-0.15, -0.1) is 0 Å². The number of thiazole rings is 1. The predicted octanol–water partition coefficient (Wildman–Crippen LogP) is 4.91. The molecule has 0 saturated carbocycles. The van der Waals surface area contributed by atoms with Crippen molar-refractivity contribution < 1.29 is 26.7 Å². The number of nitrogens with zero attached hydrogens (tertiary/aromatic N) is 1. The molecule has 1 aromatic heterocycles. The first kappa shape index (κ1) is 22.8. The van der Waals surface area contributed by atoms with E-state index in [0.29, 0.717) is 16.7 Å². The van der Waals surface area contributed by atoms with Crippen molar-refractivity contribution in [1.29, 1.82) is 0 Å². The van der Waals surface area contributed by atoms with E-state index in [4.69, 9.17) is 4.74 Å². The lowest BCUT2D eigenvalue weighted by Crippen LogP contribution is -2.43. The Morgan fingerprint density at radius 3 is 2.39 bits per heavy atom. The first-order valence-corrected chi connectivity index (χ1v) is 12.4. The van der Waals surface area contributed by atoms with Gasteiger partial charge in [-0.2, -0.15) is 0 Å². The van der Waals surface area contributed by atoms with E-state index >= 15 is 0 Å². The highest BCUT2D eigenvalue weighted by atomic mass is 32.2. The summed E-state index contributed by atoms with van der Waals surface area (Å²) in [7, 11) is -3.47. The smallest absolute Gasteiger partial charge is 0.274 e. The van der Waals surface area contributed by atoms with E-state index in [9.17, 15) is 22.0 Å². The van der Waals surface area contributed by atoms with Crippen molar-refractivity contribution in [1.82, 2.24) is 4.98 Å². The number of hydrogen-bond donors (Lipinski definition) is 1. The number of para-hydroxylation sites is 1. The second-order valence-corrected chi connectivity index (χ2v) is 10.5. The van der Waals surface area contributed by atoms with Gasteiger partial charge in [-0.1, -0.05) is 35.6 Å². The standard InChI is InChI=1S/C23H18F2N2O4S2/c1-23(31-19-12-9-15(24)13-17(19)25,14-7-10-16(11-8-14)33(2,29)30)21(28)27-22-26-18-5-3-4-6-20(18)32-22/h3-13H,1-2H3,(H,26,27,28). The Labute approximate surface area is 192 Å². The Kier molecular flexibility index (Phi) is 5.89. The van der Waals surface area contributed by atoms with Gasteiger partial charge in [0, 0.05) is 17.9 Å². The molecule has 170 valence electrons. The summed E-state index contributed by atoms with van der Waals surface area (Å²) in [5.74, 6) is -2.79. The van der Waals surface area contributed by atoms with Crippen LogP contribution >= 0.6 is 11.3 Å². The van der Waals surface area contributed by atoms with Gasteiger partial charge in [0.1, 0.15) is 5.82 Å². The number of benzene rings is 3. The Balaban J connectivity index is 1.74. The zero-order valence-electron chi connectivity index (χ0n) is 17.5. The molecule has 4 rings (SSSR count). The van der Waals surface area contributed by atoms with Crippen molar-refractivity contribution >= 4 is 42.4 Å². The third kappa shape index (κ3) is 4.71. The fraction of sp³-hybridized carbons (Fsp3) is 0.130. The molecule has 1 amide bonds. The molecule has 33 heavy (non-hydrogen) atoms. The molecule has 4 aromatic rings. The number of halogens is 2. The molecule has 1 N–H and O–H groups in total. The van der Waals surface area contributed by atoms with Crippen LogP contribution in [-0.4, -0.2) is 25.6 Å². The maximum absolute atomic E-state index is 14.4. The minimum atomic E-state index is -3.47. The molecule has 10 heteroatoms. The number of carbonyl (C=O) groups excluding carboxylic acids is 1. The number of ether oxygens (including phenoxy) is 1. The first-order chi connectivity index (χ1) is 15.6. The van der Waals surface area contributed by atoms with Crippen LogP contribution in [0, 0.1) is 11.6 Å². The topological polar surface area (TPSA) is 85.4 Å². The molecule has 3 aromatic carbocycles.